The lowest BCUT2D eigenvalue weighted by molar-refractivity contribution is 0.237. The van der Waals surface area contributed by atoms with E-state index in [4.69, 9.17) is 0 Å². The van der Waals surface area contributed by atoms with E-state index in [2.05, 4.69) is 15.4 Å². The minimum absolute atomic E-state index is 0.252. The van der Waals surface area contributed by atoms with E-state index in [1.54, 1.807) is 25.1 Å². The molecule has 1 aromatic carbocycles. The largest absolute Gasteiger partial charge is 0.338 e. The van der Waals surface area contributed by atoms with Crippen LogP contribution in [0.3, 0.4) is 0 Å². The van der Waals surface area contributed by atoms with E-state index in [9.17, 15) is 17.6 Å². The number of carbonyl (C=O) groups is 1. The molecule has 0 aliphatic heterocycles. The van der Waals surface area contributed by atoms with Crippen LogP contribution in [0.1, 0.15) is 24.9 Å². The summed E-state index contributed by atoms with van der Waals surface area (Å²) in [4.78, 5) is 11.6. The van der Waals surface area contributed by atoms with Gasteiger partial charge in [0.05, 0.1) is 12.3 Å². The van der Waals surface area contributed by atoms with Crippen LogP contribution in [0, 0.1) is 5.82 Å². The van der Waals surface area contributed by atoms with Gasteiger partial charge >= 0.3 is 6.03 Å². The van der Waals surface area contributed by atoms with Crippen molar-refractivity contribution in [2.24, 2.45) is 0 Å². The molecule has 0 unspecified atom stereocenters. The van der Waals surface area contributed by atoms with Gasteiger partial charge in [-0.15, -0.1) is 0 Å². The maximum absolute atomic E-state index is 13.5. The number of benzene rings is 1. The van der Waals surface area contributed by atoms with Gasteiger partial charge in [0.25, 0.3) is 0 Å². The summed E-state index contributed by atoms with van der Waals surface area (Å²) in [6.07, 6.45) is 1.54. The Morgan fingerprint density at radius 1 is 1.29 bits per heavy atom. The minimum Gasteiger partial charge on any atom is -0.338 e. The molecule has 6 nitrogen and oxygen atoms in total. The van der Waals surface area contributed by atoms with Crippen LogP contribution in [-0.2, 0) is 10.0 Å². The fourth-order valence-electron chi connectivity index (χ4n) is 1.70. The first kappa shape index (κ1) is 17.4. The summed E-state index contributed by atoms with van der Waals surface area (Å²) in [5.41, 5.74) is 0.409. The van der Waals surface area contributed by atoms with Crippen LogP contribution in [-0.4, -0.2) is 33.8 Å². The third-order valence-corrected chi connectivity index (χ3v) is 3.45. The Morgan fingerprint density at radius 3 is 2.57 bits per heavy atom. The van der Waals surface area contributed by atoms with Crippen LogP contribution < -0.4 is 15.4 Å². The van der Waals surface area contributed by atoms with Crippen LogP contribution in [0.2, 0.25) is 0 Å². The molecule has 8 heteroatoms. The number of rotatable bonds is 7. The maximum atomic E-state index is 13.5. The minimum atomic E-state index is -3.20. The first-order chi connectivity index (χ1) is 9.79. The zero-order chi connectivity index (χ0) is 15.9. The highest BCUT2D eigenvalue weighted by Crippen LogP contribution is 2.15. The highest BCUT2D eigenvalue weighted by Gasteiger charge is 2.12. The molecule has 0 aromatic heterocycles. The van der Waals surface area contributed by atoms with Gasteiger partial charge in [-0.2, -0.15) is 0 Å². The third-order valence-electron chi connectivity index (χ3n) is 2.72. The highest BCUT2D eigenvalue weighted by atomic mass is 32.2. The fourth-order valence-corrected chi connectivity index (χ4v) is 2.21. The summed E-state index contributed by atoms with van der Waals surface area (Å²) in [5, 5.41) is 5.20. The Morgan fingerprint density at radius 2 is 1.95 bits per heavy atom. The fraction of sp³-hybridized carbons (Fsp3) is 0.462. The summed E-state index contributed by atoms with van der Waals surface area (Å²) < 4.78 is 37.5. The van der Waals surface area contributed by atoms with E-state index >= 15 is 0 Å². The Kier molecular flexibility index (Phi) is 6.57. The third kappa shape index (κ3) is 7.05. The molecule has 21 heavy (non-hydrogen) atoms. The molecule has 118 valence electrons. The van der Waals surface area contributed by atoms with Crippen molar-refractivity contribution in [3.63, 3.8) is 0 Å². The van der Waals surface area contributed by atoms with E-state index < -0.39 is 22.1 Å². The molecule has 0 aliphatic carbocycles. The molecule has 0 heterocycles. The smallest absolute Gasteiger partial charge is 0.315 e. The average molecular weight is 317 g/mol. The van der Waals surface area contributed by atoms with Crippen LogP contribution in [0.15, 0.2) is 24.3 Å². The second-order valence-corrected chi connectivity index (χ2v) is 6.50. The Hall–Kier alpha value is -1.67. The van der Waals surface area contributed by atoms with Gasteiger partial charge in [0.15, 0.2) is 0 Å². The summed E-state index contributed by atoms with van der Waals surface area (Å²) >= 11 is 0. The van der Waals surface area contributed by atoms with Crippen molar-refractivity contribution in [2.45, 2.75) is 19.4 Å². The van der Waals surface area contributed by atoms with Crippen molar-refractivity contribution in [1.29, 1.82) is 0 Å². The van der Waals surface area contributed by atoms with Crippen LogP contribution in [0.5, 0.6) is 0 Å². The number of urea groups is 1. The van der Waals surface area contributed by atoms with Crippen molar-refractivity contribution in [1.82, 2.24) is 15.4 Å². The maximum Gasteiger partial charge on any atom is 0.315 e. The number of hydrogen-bond donors (Lipinski definition) is 3. The predicted molar refractivity (Wildman–Crippen MR) is 78.8 cm³/mol. The lowest BCUT2D eigenvalue weighted by Crippen LogP contribution is -2.38. The second kappa shape index (κ2) is 7.94. The molecular formula is C13H20FN3O3S. The molecule has 3 N–H and O–H groups in total. The van der Waals surface area contributed by atoms with Crippen molar-refractivity contribution >= 4 is 16.1 Å². The van der Waals surface area contributed by atoms with Gasteiger partial charge in [0, 0.05) is 18.7 Å². The van der Waals surface area contributed by atoms with E-state index in [-0.39, 0.29) is 12.4 Å². The van der Waals surface area contributed by atoms with Crippen LogP contribution in [0.25, 0.3) is 0 Å². The number of sulfonamides is 1. The van der Waals surface area contributed by atoms with Crippen molar-refractivity contribution in [3.05, 3.63) is 35.6 Å². The Balaban J connectivity index is 2.29. The molecule has 0 radical (unpaired) electrons. The Labute approximate surface area is 124 Å². The summed E-state index contributed by atoms with van der Waals surface area (Å²) in [5.74, 6) is -0.373. The van der Waals surface area contributed by atoms with Gasteiger partial charge in [0.1, 0.15) is 5.82 Å². The monoisotopic (exact) mass is 317 g/mol. The van der Waals surface area contributed by atoms with Crippen LogP contribution >= 0.6 is 0 Å². The number of carbonyl (C=O) groups excluding carboxylic acids is 1. The second-order valence-electron chi connectivity index (χ2n) is 4.66. The van der Waals surface area contributed by atoms with E-state index in [0.717, 1.165) is 6.26 Å². The number of nitrogens with one attached hydrogen (secondary N) is 3. The molecule has 0 saturated carbocycles. The zero-order valence-corrected chi connectivity index (χ0v) is 12.8. The summed E-state index contributed by atoms with van der Waals surface area (Å²) in [6, 6.07) is 5.34. The molecule has 1 rings (SSSR count). The van der Waals surface area contributed by atoms with E-state index in [1.807, 2.05) is 0 Å². The number of hydrogen-bond acceptors (Lipinski definition) is 3. The normalized spacial score (nSPS) is 12.7. The van der Waals surface area contributed by atoms with Gasteiger partial charge in [-0.3, -0.25) is 0 Å². The molecule has 1 atom stereocenters. The SMILES string of the molecule is C[C@H](NC(=O)NCCCNS(C)(=O)=O)c1ccccc1F. The number of amides is 2. The van der Waals surface area contributed by atoms with Gasteiger partial charge in [-0.25, -0.2) is 22.3 Å². The molecular weight excluding hydrogens is 297 g/mol. The molecule has 1 aromatic rings. The lowest BCUT2D eigenvalue weighted by Gasteiger charge is -2.15. The Bertz CT molecular complexity index is 578. The van der Waals surface area contributed by atoms with E-state index in [1.165, 1.54) is 6.07 Å². The molecule has 0 fully saturated rings. The van der Waals surface area contributed by atoms with Crippen molar-refractivity contribution in [3.8, 4) is 0 Å². The molecule has 0 aliphatic rings. The van der Waals surface area contributed by atoms with Gasteiger partial charge in [-0.1, -0.05) is 18.2 Å². The molecule has 0 spiro atoms. The van der Waals surface area contributed by atoms with Crippen molar-refractivity contribution < 1.29 is 17.6 Å². The summed E-state index contributed by atoms with van der Waals surface area (Å²) in [6.45, 7) is 2.25. The topological polar surface area (TPSA) is 87.3 Å². The quantitative estimate of drug-likeness (QED) is 0.659. The van der Waals surface area contributed by atoms with Gasteiger partial charge < -0.3 is 10.6 Å². The first-order valence-corrected chi connectivity index (χ1v) is 8.42. The van der Waals surface area contributed by atoms with Crippen molar-refractivity contribution in [2.75, 3.05) is 19.3 Å². The lowest BCUT2D eigenvalue weighted by atomic mass is 10.1. The number of halogens is 1. The molecule has 2 amide bonds. The summed E-state index contributed by atoms with van der Waals surface area (Å²) in [7, 11) is -3.20. The zero-order valence-electron chi connectivity index (χ0n) is 12.0. The average Bonchev–Trinajstić information content (AvgIpc) is 2.37. The van der Waals surface area contributed by atoms with Gasteiger partial charge in [0.2, 0.25) is 10.0 Å². The highest BCUT2D eigenvalue weighted by molar-refractivity contribution is 7.88. The van der Waals surface area contributed by atoms with Crippen LogP contribution in [0.4, 0.5) is 9.18 Å². The standard InChI is InChI=1S/C13H20FN3O3S/c1-10(11-6-3-4-7-12(11)14)17-13(18)15-8-5-9-16-21(2,19)20/h3-4,6-7,10,16H,5,8-9H2,1-2H3,(H2,15,17,18)/t10-/m0/s1. The van der Waals surface area contributed by atoms with E-state index in [0.29, 0.717) is 18.5 Å². The first-order valence-electron chi connectivity index (χ1n) is 6.53. The van der Waals surface area contributed by atoms with Gasteiger partial charge in [-0.05, 0) is 19.4 Å². The molecule has 0 saturated heterocycles. The molecule has 0 bridgehead atoms. The predicted octanol–water partition coefficient (Wildman–Crippen LogP) is 1.13.